The standard InChI is InChI=1S/C28H15Cl2F2N7O10S3/c29-17-20-24(48-22-12(36-20)5-4-11(33)26(22)51(42,43)44)18(30)21-25(17)49-23-13(37-21)7-14(19(34)27(23)52(45,46)47)50(40,41)10-3-1-2-9(6-10)35-16-8-15(31)38-28(32)39-16/h1-8,33,37H,34H2,(H,35,38,39)(H,42,43,44)(H,45,46,47). The maximum absolute atomic E-state index is 14.0. The van der Waals surface area contributed by atoms with E-state index in [0.29, 0.717) is 0 Å². The molecule has 0 saturated carbocycles. The number of nitrogen functional groups attached to an aromatic ring is 1. The lowest BCUT2D eigenvalue weighted by Gasteiger charge is -2.27. The van der Waals surface area contributed by atoms with Gasteiger partial charge in [-0.05, 0) is 36.4 Å². The Kier molecular flexibility index (Phi) is 8.06. The van der Waals surface area contributed by atoms with Crippen LogP contribution >= 0.6 is 23.2 Å². The second-order valence-corrected chi connectivity index (χ2v) is 16.1. The van der Waals surface area contributed by atoms with E-state index in [1.807, 2.05) is 0 Å². The minimum Gasteiger partial charge on any atom is -0.450 e. The van der Waals surface area contributed by atoms with E-state index in [9.17, 15) is 43.1 Å². The molecule has 0 radical (unpaired) electrons. The molecule has 0 unspecified atom stereocenters. The molecule has 1 aromatic heterocycles. The zero-order chi connectivity index (χ0) is 37.7. The molecule has 268 valence electrons. The number of hydrogen-bond donors (Lipinski definition) is 6. The molecule has 0 atom stereocenters. The Morgan fingerprint density at radius 1 is 0.885 bits per heavy atom. The number of nitrogens with zero attached hydrogens (tertiary/aromatic N) is 3. The zero-order valence-electron chi connectivity index (χ0n) is 24.9. The van der Waals surface area contributed by atoms with E-state index in [1.54, 1.807) is 0 Å². The molecule has 4 aromatic rings. The maximum atomic E-state index is 14.0. The Hall–Kier alpha value is -5.23. The molecular formula is C28H15Cl2F2N7O10S3. The lowest BCUT2D eigenvalue weighted by molar-refractivity contribution is 0.449. The molecule has 0 amide bonds. The van der Waals surface area contributed by atoms with E-state index in [0.717, 1.165) is 30.3 Å². The Bertz CT molecular complexity index is 2930. The van der Waals surface area contributed by atoms with Crippen LogP contribution in [0.4, 0.5) is 37.3 Å². The molecular weight excluding hydrogens is 799 g/mol. The van der Waals surface area contributed by atoms with Gasteiger partial charge in [0.1, 0.15) is 32.8 Å². The average Bonchev–Trinajstić information content (AvgIpc) is 3.04. The minimum absolute atomic E-state index is 0.0339. The van der Waals surface area contributed by atoms with Gasteiger partial charge in [-0.1, -0.05) is 29.3 Å². The van der Waals surface area contributed by atoms with Crippen LogP contribution in [0.25, 0.3) is 22.6 Å². The third-order valence-corrected chi connectivity index (χ3v) is 11.7. The van der Waals surface area contributed by atoms with Gasteiger partial charge in [0.2, 0.25) is 15.8 Å². The van der Waals surface area contributed by atoms with Gasteiger partial charge in [-0.3, -0.25) is 14.5 Å². The summed E-state index contributed by atoms with van der Waals surface area (Å²) in [4.78, 5) is 6.98. The van der Waals surface area contributed by atoms with Crippen LogP contribution in [-0.2, 0) is 30.1 Å². The zero-order valence-corrected chi connectivity index (χ0v) is 28.9. The topological polar surface area (TPSA) is 278 Å². The highest BCUT2D eigenvalue weighted by atomic mass is 35.5. The van der Waals surface area contributed by atoms with Crippen molar-refractivity contribution in [1.82, 2.24) is 15.0 Å². The summed E-state index contributed by atoms with van der Waals surface area (Å²) >= 11 is 13.2. The van der Waals surface area contributed by atoms with Crippen LogP contribution in [-0.4, -0.2) is 49.3 Å². The molecule has 2 aliphatic heterocycles. The minimum atomic E-state index is -5.38. The van der Waals surface area contributed by atoms with Crippen molar-refractivity contribution in [3.63, 3.8) is 0 Å². The number of benzene rings is 4. The quantitative estimate of drug-likeness (QED) is 0.0409. The molecule has 7 N–H and O–H groups in total. The number of sulfone groups is 1. The Morgan fingerprint density at radius 3 is 2.27 bits per heavy atom. The normalized spacial score (nSPS) is 13.0. The van der Waals surface area contributed by atoms with E-state index in [1.165, 1.54) is 18.2 Å². The van der Waals surface area contributed by atoms with Crippen LogP contribution in [0, 0.1) is 17.4 Å². The molecule has 0 fully saturated rings. The lowest BCUT2D eigenvalue weighted by atomic mass is 10.1. The van der Waals surface area contributed by atoms with Crippen molar-refractivity contribution in [2.24, 2.45) is 0 Å². The van der Waals surface area contributed by atoms with Crippen molar-refractivity contribution >= 4 is 92.9 Å². The molecule has 0 saturated heterocycles. The molecule has 24 heteroatoms. The van der Waals surface area contributed by atoms with Gasteiger partial charge in [-0.2, -0.15) is 35.6 Å². The highest BCUT2D eigenvalue weighted by Crippen LogP contribution is 2.56. The first-order valence-electron chi connectivity index (χ1n) is 13.8. The number of ether oxygens (including phenoxy) is 1. The van der Waals surface area contributed by atoms with Crippen LogP contribution in [0.1, 0.15) is 0 Å². The van der Waals surface area contributed by atoms with Crippen LogP contribution in [0.2, 0.25) is 10.0 Å². The van der Waals surface area contributed by atoms with Gasteiger partial charge in [0.15, 0.2) is 32.6 Å². The van der Waals surface area contributed by atoms with Crippen LogP contribution in [0.15, 0.2) is 72.5 Å². The van der Waals surface area contributed by atoms with Crippen molar-refractivity contribution < 1.29 is 52.3 Å². The number of hydrogen-bond acceptors (Lipinski definition) is 15. The molecule has 3 aliphatic rings. The number of aromatic nitrogens is 3. The third kappa shape index (κ3) is 5.78. The summed E-state index contributed by atoms with van der Waals surface area (Å²) in [7, 11) is -15.2. The van der Waals surface area contributed by atoms with Crippen LogP contribution in [0.3, 0.4) is 0 Å². The van der Waals surface area contributed by atoms with Gasteiger partial charge in [0.25, 0.3) is 20.2 Å². The summed E-state index contributed by atoms with van der Waals surface area (Å²) in [6, 6.07) is 8.48. The van der Waals surface area contributed by atoms with Crippen molar-refractivity contribution in [3.8, 4) is 23.0 Å². The maximum Gasteiger partial charge on any atom is 0.313 e. The summed E-state index contributed by atoms with van der Waals surface area (Å²) in [6.45, 7) is 0. The lowest BCUT2D eigenvalue weighted by Crippen LogP contribution is -2.17. The fourth-order valence-electron chi connectivity index (χ4n) is 5.26. The molecule has 1 aliphatic carbocycles. The van der Waals surface area contributed by atoms with Crippen LogP contribution < -0.4 is 26.5 Å². The highest BCUT2D eigenvalue weighted by molar-refractivity contribution is 7.91. The van der Waals surface area contributed by atoms with E-state index < -0.39 is 111 Å². The summed E-state index contributed by atoms with van der Waals surface area (Å²) < 4.78 is 136. The largest absolute Gasteiger partial charge is 0.450 e. The van der Waals surface area contributed by atoms with E-state index in [4.69, 9.17) is 43.5 Å². The summed E-state index contributed by atoms with van der Waals surface area (Å²) in [5.74, 6) is -3.27. The van der Waals surface area contributed by atoms with Gasteiger partial charge < -0.3 is 25.5 Å². The second-order valence-electron chi connectivity index (χ2n) is 10.7. The van der Waals surface area contributed by atoms with Crippen molar-refractivity contribution in [2.75, 3.05) is 16.4 Å². The fraction of sp³-hybridized carbons (Fsp3) is 0. The summed E-state index contributed by atoms with van der Waals surface area (Å²) in [5.41, 5.74) is 3.51. The Morgan fingerprint density at radius 2 is 1.60 bits per heavy atom. The third-order valence-electron chi connectivity index (χ3n) is 7.39. The number of rotatable bonds is 6. The highest BCUT2D eigenvalue weighted by Gasteiger charge is 2.37. The van der Waals surface area contributed by atoms with Crippen LogP contribution in [0.5, 0.6) is 11.5 Å². The first kappa shape index (κ1) is 35.2. The van der Waals surface area contributed by atoms with E-state index in [2.05, 4.69) is 25.6 Å². The number of anilines is 5. The number of nitrogens with two attached hydrogens (primary N) is 1. The van der Waals surface area contributed by atoms with E-state index >= 15 is 0 Å². The molecule has 0 bridgehead atoms. The van der Waals surface area contributed by atoms with Crippen molar-refractivity contribution in [1.29, 1.82) is 5.41 Å². The molecule has 17 nitrogen and oxygen atoms in total. The monoisotopic (exact) mass is 813 g/mol. The summed E-state index contributed by atoms with van der Waals surface area (Å²) in [6.07, 6.45) is -1.40. The summed E-state index contributed by atoms with van der Waals surface area (Å²) in [5, 5.41) is 11.7. The first-order valence-corrected chi connectivity index (χ1v) is 18.9. The van der Waals surface area contributed by atoms with Gasteiger partial charge in [-0.25, -0.2) is 13.4 Å². The Balaban J connectivity index is 1.40. The van der Waals surface area contributed by atoms with E-state index in [-0.39, 0.29) is 28.4 Å². The van der Waals surface area contributed by atoms with Crippen molar-refractivity contribution in [3.05, 3.63) is 76.0 Å². The predicted molar refractivity (Wildman–Crippen MR) is 177 cm³/mol. The number of halogens is 4. The molecule has 0 spiro atoms. The average molecular weight is 815 g/mol. The van der Waals surface area contributed by atoms with Gasteiger partial charge >= 0.3 is 6.08 Å². The molecule has 3 aromatic carbocycles. The van der Waals surface area contributed by atoms with Gasteiger partial charge in [0.05, 0.1) is 26.5 Å². The molecule has 7 rings (SSSR count). The predicted octanol–water partition coefficient (Wildman–Crippen LogP) is 5.29. The van der Waals surface area contributed by atoms with Gasteiger partial charge in [-0.15, -0.1) is 0 Å². The smallest absolute Gasteiger partial charge is 0.313 e. The van der Waals surface area contributed by atoms with Gasteiger partial charge in [0, 0.05) is 11.8 Å². The molecule has 3 heterocycles. The molecule has 52 heavy (non-hydrogen) atoms. The van der Waals surface area contributed by atoms with Crippen molar-refractivity contribution in [2.45, 2.75) is 19.6 Å². The number of fused-ring (bicyclic) bond motifs is 4. The second kappa shape index (κ2) is 11.9. The number of nitrogens with one attached hydrogen (secondary N) is 3. The SMILES string of the molecule is N=c1ccc2nc3c(Cl)c4c(c(Cl)c3oc-2c1S(=O)(=O)O)Nc1cc(S(=O)(=O)c2cccc(Nc3cc(F)nc(F)n3)c2)c(N)c(S(=O)(=O)O)c1O4. The Labute approximate surface area is 299 Å². The first-order chi connectivity index (χ1) is 24.3. The fourth-order valence-corrected chi connectivity index (χ4v) is 8.81.